The lowest BCUT2D eigenvalue weighted by Gasteiger charge is -2.24. The Hall–Kier alpha value is -2.65. The molecule has 0 radical (unpaired) electrons. The lowest BCUT2D eigenvalue weighted by Crippen LogP contribution is -2.36. The molecular weight excluding hydrogens is 383 g/mol. The van der Waals surface area contributed by atoms with Crippen molar-refractivity contribution in [1.82, 2.24) is 19.4 Å². The van der Waals surface area contributed by atoms with Crippen LogP contribution in [0.3, 0.4) is 0 Å². The Morgan fingerprint density at radius 1 is 1.21 bits per heavy atom. The molecule has 1 fully saturated rings. The van der Waals surface area contributed by atoms with Crippen molar-refractivity contribution >= 4 is 10.0 Å². The minimum atomic E-state index is -3.87. The highest BCUT2D eigenvalue weighted by Crippen LogP contribution is 2.29. The fourth-order valence-corrected chi connectivity index (χ4v) is 5.24. The molecule has 1 aromatic carbocycles. The molecule has 1 unspecified atom stereocenters. The number of halogens is 1. The quantitative estimate of drug-likeness (QED) is 0.630. The molecule has 0 N–H and O–H groups in total. The third-order valence-electron chi connectivity index (χ3n) is 4.82. The van der Waals surface area contributed by atoms with Crippen LogP contribution in [0.1, 0.15) is 25.1 Å². The Bertz CT molecular complexity index is 1060. The van der Waals surface area contributed by atoms with Crippen molar-refractivity contribution in [1.29, 1.82) is 0 Å². The summed E-state index contributed by atoms with van der Waals surface area (Å²) in [5, 5.41) is 3.97. The van der Waals surface area contributed by atoms with Gasteiger partial charge in [0.25, 0.3) is 5.89 Å². The Balaban J connectivity index is 1.47. The van der Waals surface area contributed by atoms with Crippen LogP contribution in [0.2, 0.25) is 0 Å². The van der Waals surface area contributed by atoms with Gasteiger partial charge in [0.2, 0.25) is 10.0 Å². The van der Waals surface area contributed by atoms with Crippen LogP contribution in [-0.4, -0.2) is 40.4 Å². The van der Waals surface area contributed by atoms with E-state index in [2.05, 4.69) is 15.1 Å². The van der Waals surface area contributed by atoms with Crippen LogP contribution in [0.5, 0.6) is 0 Å². The first-order valence-electron chi connectivity index (χ1n) is 9.05. The van der Waals surface area contributed by atoms with E-state index in [9.17, 15) is 12.8 Å². The van der Waals surface area contributed by atoms with Crippen molar-refractivity contribution in [2.75, 3.05) is 6.54 Å². The molecule has 1 saturated heterocycles. The fraction of sp³-hybridized carbons (Fsp3) is 0.316. The SMILES string of the molecule is O=S(=O)(c1ccccc1F)N1CCCC1CCc1noc(-c2cccnc2)n1. The summed E-state index contributed by atoms with van der Waals surface area (Å²) >= 11 is 0. The van der Waals surface area contributed by atoms with E-state index in [4.69, 9.17) is 4.52 Å². The lowest BCUT2D eigenvalue weighted by molar-refractivity contribution is 0.362. The minimum absolute atomic E-state index is 0.218. The largest absolute Gasteiger partial charge is 0.334 e. The van der Waals surface area contributed by atoms with Crippen LogP contribution in [-0.2, 0) is 16.4 Å². The minimum Gasteiger partial charge on any atom is -0.334 e. The molecule has 1 aliphatic heterocycles. The van der Waals surface area contributed by atoms with E-state index < -0.39 is 15.8 Å². The van der Waals surface area contributed by atoms with Crippen molar-refractivity contribution in [3.8, 4) is 11.5 Å². The first kappa shape index (κ1) is 18.7. The van der Waals surface area contributed by atoms with Gasteiger partial charge in [-0.25, -0.2) is 12.8 Å². The van der Waals surface area contributed by atoms with E-state index in [1.165, 1.54) is 22.5 Å². The Morgan fingerprint density at radius 3 is 2.86 bits per heavy atom. The van der Waals surface area contributed by atoms with Gasteiger partial charge in [0, 0.05) is 31.4 Å². The maximum atomic E-state index is 14.0. The molecule has 0 saturated carbocycles. The molecule has 3 aromatic rings. The molecule has 1 aliphatic rings. The molecule has 9 heteroatoms. The summed E-state index contributed by atoms with van der Waals surface area (Å²) in [5.74, 6) is 0.159. The maximum absolute atomic E-state index is 14.0. The van der Waals surface area contributed by atoms with Gasteiger partial charge in [-0.3, -0.25) is 4.98 Å². The van der Waals surface area contributed by atoms with Crippen molar-refractivity contribution in [2.45, 2.75) is 36.6 Å². The Morgan fingerprint density at radius 2 is 2.07 bits per heavy atom. The van der Waals surface area contributed by atoms with Gasteiger partial charge in [-0.05, 0) is 43.5 Å². The molecule has 2 aromatic heterocycles. The number of nitrogens with zero attached hydrogens (tertiary/aromatic N) is 4. The first-order chi connectivity index (χ1) is 13.6. The zero-order valence-electron chi connectivity index (χ0n) is 15.0. The highest BCUT2D eigenvalue weighted by molar-refractivity contribution is 7.89. The van der Waals surface area contributed by atoms with Gasteiger partial charge in [0.05, 0.1) is 5.56 Å². The van der Waals surface area contributed by atoms with Crippen molar-refractivity contribution in [2.24, 2.45) is 0 Å². The average molecular weight is 402 g/mol. The van der Waals surface area contributed by atoms with E-state index in [1.54, 1.807) is 18.5 Å². The van der Waals surface area contributed by atoms with Gasteiger partial charge in [0.1, 0.15) is 10.7 Å². The monoisotopic (exact) mass is 402 g/mol. The normalized spacial score (nSPS) is 17.8. The number of benzene rings is 1. The summed E-state index contributed by atoms with van der Waals surface area (Å²) in [5.41, 5.74) is 0.728. The summed E-state index contributed by atoms with van der Waals surface area (Å²) in [7, 11) is -3.87. The van der Waals surface area contributed by atoms with Gasteiger partial charge in [0.15, 0.2) is 5.82 Å². The van der Waals surface area contributed by atoms with Crippen molar-refractivity contribution < 1.29 is 17.3 Å². The number of rotatable bonds is 6. The van der Waals surface area contributed by atoms with Crippen LogP contribution in [0.25, 0.3) is 11.5 Å². The van der Waals surface area contributed by atoms with Gasteiger partial charge >= 0.3 is 0 Å². The average Bonchev–Trinajstić information content (AvgIpc) is 3.37. The third kappa shape index (κ3) is 3.67. The third-order valence-corrected chi connectivity index (χ3v) is 6.81. The molecule has 0 aliphatic carbocycles. The second-order valence-electron chi connectivity index (χ2n) is 6.64. The second kappa shape index (κ2) is 7.76. The summed E-state index contributed by atoms with van der Waals surface area (Å²) in [6.45, 7) is 0.383. The second-order valence-corrected chi connectivity index (χ2v) is 8.50. The van der Waals surface area contributed by atoms with E-state index in [-0.39, 0.29) is 10.9 Å². The van der Waals surface area contributed by atoms with E-state index >= 15 is 0 Å². The van der Waals surface area contributed by atoms with Gasteiger partial charge < -0.3 is 4.52 Å². The van der Waals surface area contributed by atoms with Crippen molar-refractivity contribution in [3.05, 3.63) is 60.4 Å². The molecule has 4 rings (SSSR count). The predicted molar refractivity (Wildman–Crippen MR) is 99.2 cm³/mol. The molecular formula is C19H19FN4O3S. The lowest BCUT2D eigenvalue weighted by atomic mass is 10.1. The molecule has 0 amide bonds. The van der Waals surface area contributed by atoms with E-state index in [1.807, 2.05) is 6.07 Å². The zero-order valence-corrected chi connectivity index (χ0v) is 15.8. The molecule has 1 atom stereocenters. The number of aryl methyl sites for hydroxylation is 1. The number of hydrogen-bond acceptors (Lipinski definition) is 6. The standard InChI is InChI=1S/C19H19FN4O3S/c20-16-7-1-2-8-17(16)28(25,26)24-12-4-6-15(24)9-10-18-22-19(27-23-18)14-5-3-11-21-13-14/h1-3,5,7-8,11,13,15H,4,6,9-10,12H2. The number of hydrogen-bond donors (Lipinski definition) is 0. The topological polar surface area (TPSA) is 89.2 Å². The summed E-state index contributed by atoms with van der Waals surface area (Å²) in [6.07, 6.45) is 5.77. The molecule has 0 bridgehead atoms. The van der Waals surface area contributed by atoms with Gasteiger partial charge in [-0.15, -0.1) is 0 Å². The predicted octanol–water partition coefficient (Wildman–Crippen LogP) is 3.06. The number of aromatic nitrogens is 3. The van der Waals surface area contributed by atoms with Crippen LogP contribution in [0, 0.1) is 5.82 Å². The molecule has 7 nitrogen and oxygen atoms in total. The molecule has 0 spiro atoms. The van der Waals surface area contributed by atoms with E-state index in [0.717, 1.165) is 24.5 Å². The molecule has 28 heavy (non-hydrogen) atoms. The highest BCUT2D eigenvalue weighted by atomic mass is 32.2. The first-order valence-corrected chi connectivity index (χ1v) is 10.5. The van der Waals surface area contributed by atoms with Crippen LogP contribution < -0.4 is 0 Å². The van der Waals surface area contributed by atoms with Gasteiger partial charge in [-0.2, -0.15) is 9.29 Å². The maximum Gasteiger partial charge on any atom is 0.259 e. The Kier molecular flexibility index (Phi) is 5.19. The van der Waals surface area contributed by atoms with Crippen molar-refractivity contribution in [3.63, 3.8) is 0 Å². The molecule has 146 valence electrons. The Labute approximate surface area is 162 Å². The van der Waals surface area contributed by atoms with Crippen LogP contribution in [0.4, 0.5) is 4.39 Å². The number of sulfonamides is 1. The summed E-state index contributed by atoms with van der Waals surface area (Å²) < 4.78 is 46.5. The fourth-order valence-electron chi connectivity index (χ4n) is 3.45. The highest BCUT2D eigenvalue weighted by Gasteiger charge is 2.36. The zero-order chi connectivity index (χ0) is 19.6. The summed E-state index contributed by atoms with van der Waals surface area (Å²) in [4.78, 5) is 8.10. The smallest absolute Gasteiger partial charge is 0.259 e. The van der Waals surface area contributed by atoms with Crippen LogP contribution in [0.15, 0.2) is 58.2 Å². The van der Waals surface area contributed by atoms with Gasteiger partial charge in [-0.1, -0.05) is 17.3 Å². The van der Waals surface area contributed by atoms with Crippen LogP contribution >= 0.6 is 0 Å². The summed E-state index contributed by atoms with van der Waals surface area (Å²) in [6, 6.07) is 8.86. The number of pyridine rings is 1. The molecule has 3 heterocycles. The van der Waals surface area contributed by atoms with E-state index in [0.29, 0.717) is 31.1 Å².